The van der Waals surface area contributed by atoms with Crippen molar-refractivity contribution >= 4 is 46.3 Å². The standard InChI is InChI=1S/C30H28Cl2N2O4.C2H6/c1-18-8-9-26(38-23-10-12-37-13-11-23)25(14-18)29-28(30(36)33-22-7-3-6-21(32)16-22)24(17-27(35)34-29)19-4-2-5-20(31)15-19;1-2/h2-9,14-17,23,28-29H,10-13H2,1H3,(H,33,36)(H,34,35);1-2H3. The Morgan fingerprint density at radius 2 is 1.68 bits per heavy atom. The molecule has 210 valence electrons. The Balaban J connectivity index is 0.00000181. The van der Waals surface area contributed by atoms with Crippen molar-refractivity contribution in [2.24, 2.45) is 5.92 Å². The van der Waals surface area contributed by atoms with Gasteiger partial charge in [0.15, 0.2) is 0 Å². The van der Waals surface area contributed by atoms with Gasteiger partial charge in [-0.2, -0.15) is 0 Å². The summed E-state index contributed by atoms with van der Waals surface area (Å²) in [4.78, 5) is 27.0. The monoisotopic (exact) mass is 580 g/mol. The summed E-state index contributed by atoms with van der Waals surface area (Å²) in [7, 11) is 0. The summed E-state index contributed by atoms with van der Waals surface area (Å²) in [6.07, 6.45) is 3.01. The highest BCUT2D eigenvalue weighted by Crippen LogP contribution is 2.42. The van der Waals surface area contributed by atoms with E-state index in [4.69, 9.17) is 32.7 Å². The molecule has 2 amide bonds. The zero-order valence-electron chi connectivity index (χ0n) is 22.9. The van der Waals surface area contributed by atoms with Crippen LogP contribution >= 0.6 is 23.2 Å². The number of carbonyl (C=O) groups is 2. The van der Waals surface area contributed by atoms with E-state index >= 15 is 0 Å². The molecule has 0 saturated carbocycles. The van der Waals surface area contributed by atoms with Crippen molar-refractivity contribution in [3.63, 3.8) is 0 Å². The Labute approximate surface area is 245 Å². The summed E-state index contributed by atoms with van der Waals surface area (Å²) < 4.78 is 11.9. The minimum atomic E-state index is -0.774. The molecule has 0 radical (unpaired) electrons. The van der Waals surface area contributed by atoms with Gasteiger partial charge in [0, 0.05) is 40.2 Å². The van der Waals surface area contributed by atoms with E-state index in [0.717, 1.165) is 24.0 Å². The molecule has 1 saturated heterocycles. The molecule has 3 aromatic carbocycles. The molecule has 0 spiro atoms. The zero-order valence-corrected chi connectivity index (χ0v) is 24.4. The molecule has 40 heavy (non-hydrogen) atoms. The van der Waals surface area contributed by atoms with Gasteiger partial charge in [0.1, 0.15) is 11.9 Å². The Bertz CT molecular complexity index is 1380. The molecule has 0 aliphatic carbocycles. The highest BCUT2D eigenvalue weighted by atomic mass is 35.5. The van der Waals surface area contributed by atoms with E-state index in [2.05, 4.69) is 10.6 Å². The topological polar surface area (TPSA) is 76.7 Å². The Morgan fingerprint density at radius 3 is 2.38 bits per heavy atom. The number of carbonyl (C=O) groups excluding carboxylic acids is 2. The maximum Gasteiger partial charge on any atom is 0.244 e. The minimum absolute atomic E-state index is 0.00817. The third-order valence-electron chi connectivity index (χ3n) is 6.75. The molecule has 2 aliphatic rings. The van der Waals surface area contributed by atoms with Crippen molar-refractivity contribution in [3.8, 4) is 5.75 Å². The molecule has 2 heterocycles. The number of nitrogens with one attached hydrogen (secondary N) is 2. The van der Waals surface area contributed by atoms with Crippen molar-refractivity contribution < 1.29 is 19.1 Å². The van der Waals surface area contributed by atoms with Gasteiger partial charge in [-0.3, -0.25) is 9.59 Å². The van der Waals surface area contributed by atoms with Gasteiger partial charge >= 0.3 is 0 Å². The Hall–Kier alpha value is -3.32. The van der Waals surface area contributed by atoms with Gasteiger partial charge in [-0.1, -0.05) is 72.9 Å². The second-order valence-corrected chi connectivity index (χ2v) is 10.4. The SMILES string of the molecule is CC.Cc1ccc(OC2CCOCC2)c(C2NC(=O)C=C(c3cccc(Cl)c3)C2C(=O)Nc2cccc(Cl)c2)c1. The first-order valence-electron chi connectivity index (χ1n) is 13.6. The molecule has 1 fully saturated rings. The van der Waals surface area contributed by atoms with E-state index in [0.29, 0.717) is 45.8 Å². The van der Waals surface area contributed by atoms with Crippen LogP contribution in [0.4, 0.5) is 5.69 Å². The van der Waals surface area contributed by atoms with Crippen molar-refractivity contribution in [2.45, 2.75) is 45.8 Å². The second kappa shape index (κ2) is 13.8. The molecule has 2 atom stereocenters. The molecule has 6 nitrogen and oxygen atoms in total. The van der Waals surface area contributed by atoms with Crippen LogP contribution in [0.25, 0.3) is 5.57 Å². The van der Waals surface area contributed by atoms with E-state index in [-0.39, 0.29) is 17.9 Å². The van der Waals surface area contributed by atoms with Gasteiger partial charge in [-0.05, 0) is 54.5 Å². The molecule has 0 aromatic heterocycles. The predicted molar refractivity (Wildman–Crippen MR) is 161 cm³/mol. The average Bonchev–Trinajstić information content (AvgIpc) is 2.95. The molecule has 3 aromatic rings. The Morgan fingerprint density at radius 1 is 0.975 bits per heavy atom. The van der Waals surface area contributed by atoms with Crippen molar-refractivity contribution in [1.29, 1.82) is 0 Å². The van der Waals surface area contributed by atoms with Gasteiger partial charge in [0.25, 0.3) is 0 Å². The van der Waals surface area contributed by atoms with Crippen LogP contribution in [-0.2, 0) is 14.3 Å². The van der Waals surface area contributed by atoms with Crippen LogP contribution in [-0.4, -0.2) is 31.1 Å². The van der Waals surface area contributed by atoms with Crippen LogP contribution < -0.4 is 15.4 Å². The number of hydrogen-bond acceptors (Lipinski definition) is 4. The molecule has 2 unspecified atom stereocenters. The normalized spacial score (nSPS) is 19.0. The van der Waals surface area contributed by atoms with Crippen LogP contribution in [0.15, 0.2) is 72.8 Å². The van der Waals surface area contributed by atoms with E-state index < -0.39 is 12.0 Å². The number of anilines is 1. The first kappa shape index (κ1) is 29.7. The van der Waals surface area contributed by atoms with Gasteiger partial charge in [0.2, 0.25) is 11.8 Å². The second-order valence-electron chi connectivity index (χ2n) is 9.54. The largest absolute Gasteiger partial charge is 0.490 e. The molecule has 0 bridgehead atoms. The molecular weight excluding hydrogens is 547 g/mol. The summed E-state index contributed by atoms with van der Waals surface area (Å²) in [5, 5.41) is 7.05. The lowest BCUT2D eigenvalue weighted by Crippen LogP contribution is -2.43. The molecule has 8 heteroatoms. The van der Waals surface area contributed by atoms with Crippen LogP contribution in [0, 0.1) is 12.8 Å². The fraction of sp³-hybridized carbons (Fsp3) is 0.312. The van der Waals surface area contributed by atoms with Gasteiger partial charge in [-0.15, -0.1) is 0 Å². The Kier molecular flexibility index (Phi) is 10.3. The first-order chi connectivity index (χ1) is 19.4. The molecular formula is C32H34Cl2N2O4. The fourth-order valence-electron chi connectivity index (χ4n) is 4.95. The maximum absolute atomic E-state index is 14.0. The van der Waals surface area contributed by atoms with E-state index in [1.807, 2.05) is 45.0 Å². The first-order valence-corrected chi connectivity index (χ1v) is 14.3. The van der Waals surface area contributed by atoms with Crippen molar-refractivity contribution in [2.75, 3.05) is 18.5 Å². The lowest BCUT2D eigenvalue weighted by Gasteiger charge is -2.35. The maximum atomic E-state index is 14.0. The molecule has 5 rings (SSSR count). The quantitative estimate of drug-likeness (QED) is 0.318. The number of benzene rings is 3. The summed E-state index contributed by atoms with van der Waals surface area (Å²) >= 11 is 12.5. The van der Waals surface area contributed by atoms with Crippen LogP contribution in [0.5, 0.6) is 5.75 Å². The summed E-state index contributed by atoms with van der Waals surface area (Å²) in [5.41, 5.74) is 3.55. The number of ether oxygens (including phenoxy) is 2. The van der Waals surface area contributed by atoms with E-state index in [1.54, 1.807) is 42.5 Å². The molecule has 2 aliphatic heterocycles. The number of rotatable bonds is 6. The van der Waals surface area contributed by atoms with Crippen molar-refractivity contribution in [1.82, 2.24) is 5.32 Å². The van der Waals surface area contributed by atoms with Gasteiger partial charge < -0.3 is 20.1 Å². The third kappa shape index (κ3) is 7.25. The van der Waals surface area contributed by atoms with E-state index in [1.165, 1.54) is 6.08 Å². The summed E-state index contributed by atoms with van der Waals surface area (Å²) in [6, 6.07) is 19.3. The lowest BCUT2D eigenvalue weighted by atomic mass is 9.79. The van der Waals surface area contributed by atoms with Crippen LogP contribution in [0.1, 0.15) is 49.4 Å². The fourth-order valence-corrected chi connectivity index (χ4v) is 5.33. The van der Waals surface area contributed by atoms with Crippen molar-refractivity contribution in [3.05, 3.63) is 99.5 Å². The lowest BCUT2D eigenvalue weighted by molar-refractivity contribution is -0.121. The number of hydrogen-bond donors (Lipinski definition) is 2. The predicted octanol–water partition coefficient (Wildman–Crippen LogP) is 7.40. The van der Waals surface area contributed by atoms with E-state index in [9.17, 15) is 9.59 Å². The summed E-state index contributed by atoms with van der Waals surface area (Å²) in [5.74, 6) is -0.720. The van der Waals surface area contributed by atoms with Gasteiger partial charge in [-0.25, -0.2) is 0 Å². The highest BCUT2D eigenvalue weighted by molar-refractivity contribution is 6.31. The summed E-state index contributed by atoms with van der Waals surface area (Å²) in [6.45, 7) is 7.25. The smallest absolute Gasteiger partial charge is 0.244 e. The number of aryl methyl sites for hydroxylation is 1. The third-order valence-corrected chi connectivity index (χ3v) is 7.22. The highest BCUT2D eigenvalue weighted by Gasteiger charge is 2.39. The van der Waals surface area contributed by atoms with Crippen LogP contribution in [0.3, 0.4) is 0 Å². The number of halogens is 2. The van der Waals surface area contributed by atoms with Gasteiger partial charge in [0.05, 0.1) is 25.2 Å². The number of amides is 2. The molecule has 2 N–H and O–H groups in total. The zero-order chi connectivity index (χ0) is 28.6. The minimum Gasteiger partial charge on any atom is -0.490 e. The average molecular weight is 582 g/mol. The van der Waals surface area contributed by atoms with Crippen LogP contribution in [0.2, 0.25) is 10.0 Å².